The molecule has 0 aromatic heterocycles. The first kappa shape index (κ1) is 16.2. The third kappa shape index (κ3) is 4.37. The molecule has 1 aliphatic rings. The van der Waals surface area contributed by atoms with Crippen molar-refractivity contribution in [3.8, 4) is 5.75 Å². The lowest BCUT2D eigenvalue weighted by Gasteiger charge is -2.24. The van der Waals surface area contributed by atoms with Gasteiger partial charge in [-0.3, -0.25) is 4.79 Å². The molecule has 116 valence electrons. The molecule has 1 amide bonds. The van der Waals surface area contributed by atoms with Gasteiger partial charge in [0, 0.05) is 11.1 Å². The molecule has 1 aromatic rings. The molecule has 0 spiro atoms. The van der Waals surface area contributed by atoms with E-state index in [1.54, 1.807) is 6.92 Å². The van der Waals surface area contributed by atoms with E-state index in [0.29, 0.717) is 11.8 Å². The standard InChI is InChI=1S/C17H24ClNO2/c1-11-9-15(10-12(2)16(11)18)21-13(3)17(20)19-14-7-5-4-6-8-14/h9-10,13-14H,4-8H2,1-3H3,(H,19,20). The largest absolute Gasteiger partial charge is 0.481 e. The van der Waals surface area contributed by atoms with E-state index < -0.39 is 6.10 Å². The summed E-state index contributed by atoms with van der Waals surface area (Å²) in [6.45, 7) is 5.67. The number of nitrogens with one attached hydrogen (secondary N) is 1. The highest BCUT2D eigenvalue weighted by Gasteiger charge is 2.21. The number of carbonyl (C=O) groups excluding carboxylic acids is 1. The van der Waals surface area contributed by atoms with Gasteiger partial charge in [-0.25, -0.2) is 0 Å². The highest BCUT2D eigenvalue weighted by Crippen LogP contribution is 2.26. The number of aryl methyl sites for hydroxylation is 2. The molecule has 21 heavy (non-hydrogen) atoms. The molecular formula is C17H24ClNO2. The minimum atomic E-state index is -0.494. The molecule has 3 nitrogen and oxygen atoms in total. The third-order valence-corrected chi connectivity index (χ3v) is 4.64. The second-order valence-electron chi connectivity index (χ2n) is 5.97. The quantitative estimate of drug-likeness (QED) is 0.906. The second-order valence-corrected chi connectivity index (χ2v) is 6.35. The van der Waals surface area contributed by atoms with Crippen molar-refractivity contribution >= 4 is 17.5 Å². The number of hydrogen-bond donors (Lipinski definition) is 1. The predicted octanol–water partition coefficient (Wildman–Crippen LogP) is 4.17. The molecule has 1 fully saturated rings. The first-order chi connectivity index (χ1) is 9.97. The number of carbonyl (C=O) groups is 1. The topological polar surface area (TPSA) is 38.3 Å². The van der Waals surface area contributed by atoms with Crippen molar-refractivity contribution in [2.45, 2.75) is 65.0 Å². The lowest BCUT2D eigenvalue weighted by Crippen LogP contribution is -2.43. The Kier molecular flexibility index (Phi) is 5.51. The summed E-state index contributed by atoms with van der Waals surface area (Å²) in [6.07, 6.45) is 5.36. The van der Waals surface area contributed by atoms with Gasteiger partial charge in [-0.15, -0.1) is 0 Å². The Morgan fingerprint density at radius 1 is 1.24 bits per heavy atom. The molecule has 1 saturated carbocycles. The van der Waals surface area contributed by atoms with Gasteiger partial charge >= 0.3 is 0 Å². The number of halogens is 1. The summed E-state index contributed by atoms with van der Waals surface area (Å²) in [4.78, 5) is 12.2. The Morgan fingerprint density at radius 3 is 2.38 bits per heavy atom. The van der Waals surface area contributed by atoms with Crippen molar-refractivity contribution < 1.29 is 9.53 Å². The van der Waals surface area contributed by atoms with Crippen LogP contribution in [0.2, 0.25) is 5.02 Å². The van der Waals surface area contributed by atoms with Crippen LogP contribution in [0.25, 0.3) is 0 Å². The number of rotatable bonds is 4. The van der Waals surface area contributed by atoms with Gasteiger partial charge in [0.25, 0.3) is 5.91 Å². The van der Waals surface area contributed by atoms with E-state index in [-0.39, 0.29) is 5.91 Å². The summed E-state index contributed by atoms with van der Waals surface area (Å²) in [7, 11) is 0. The minimum absolute atomic E-state index is 0.0350. The van der Waals surface area contributed by atoms with Crippen LogP contribution in [0.5, 0.6) is 5.75 Å². The van der Waals surface area contributed by atoms with Crippen molar-refractivity contribution in [2.24, 2.45) is 0 Å². The number of benzene rings is 1. The fourth-order valence-corrected chi connectivity index (χ4v) is 2.91. The van der Waals surface area contributed by atoms with E-state index in [9.17, 15) is 4.79 Å². The normalized spacial score (nSPS) is 17.3. The van der Waals surface area contributed by atoms with Gasteiger partial charge in [0.15, 0.2) is 6.10 Å². The van der Waals surface area contributed by atoms with Gasteiger partial charge in [-0.1, -0.05) is 30.9 Å². The molecule has 1 aliphatic carbocycles. The molecule has 0 radical (unpaired) electrons. The first-order valence-corrected chi connectivity index (χ1v) is 8.09. The van der Waals surface area contributed by atoms with Gasteiger partial charge in [-0.2, -0.15) is 0 Å². The zero-order valence-electron chi connectivity index (χ0n) is 13.0. The van der Waals surface area contributed by atoms with Gasteiger partial charge in [0.2, 0.25) is 0 Å². The van der Waals surface area contributed by atoms with Crippen LogP contribution in [-0.4, -0.2) is 18.1 Å². The van der Waals surface area contributed by atoms with Crippen molar-refractivity contribution in [2.75, 3.05) is 0 Å². The molecule has 4 heteroatoms. The third-order valence-electron chi connectivity index (χ3n) is 4.04. The van der Waals surface area contributed by atoms with Crippen LogP contribution >= 0.6 is 11.6 Å². The summed E-state index contributed by atoms with van der Waals surface area (Å²) in [6, 6.07) is 4.06. The van der Waals surface area contributed by atoms with Crippen molar-refractivity contribution in [1.82, 2.24) is 5.32 Å². The lowest BCUT2D eigenvalue weighted by atomic mass is 9.95. The Morgan fingerprint density at radius 2 is 1.81 bits per heavy atom. The van der Waals surface area contributed by atoms with E-state index in [0.717, 1.165) is 29.0 Å². The summed E-state index contributed by atoms with van der Waals surface area (Å²) in [5.74, 6) is 0.660. The van der Waals surface area contributed by atoms with E-state index >= 15 is 0 Å². The van der Waals surface area contributed by atoms with Gasteiger partial charge in [0.1, 0.15) is 5.75 Å². The zero-order chi connectivity index (χ0) is 15.4. The molecule has 0 bridgehead atoms. The maximum Gasteiger partial charge on any atom is 0.260 e. The highest BCUT2D eigenvalue weighted by atomic mass is 35.5. The van der Waals surface area contributed by atoms with Crippen LogP contribution in [0, 0.1) is 13.8 Å². The SMILES string of the molecule is Cc1cc(OC(C)C(=O)NC2CCCCC2)cc(C)c1Cl. The van der Waals surface area contributed by atoms with E-state index in [4.69, 9.17) is 16.3 Å². The van der Waals surface area contributed by atoms with E-state index in [1.807, 2.05) is 26.0 Å². The molecule has 1 unspecified atom stereocenters. The zero-order valence-corrected chi connectivity index (χ0v) is 13.8. The van der Waals surface area contributed by atoms with Crippen LogP contribution < -0.4 is 10.1 Å². The Hall–Kier alpha value is -1.22. The smallest absolute Gasteiger partial charge is 0.260 e. The van der Waals surface area contributed by atoms with Gasteiger partial charge in [-0.05, 0) is 56.9 Å². The Labute approximate surface area is 132 Å². The molecule has 1 atom stereocenters. The number of hydrogen-bond acceptors (Lipinski definition) is 2. The second kappa shape index (κ2) is 7.17. The molecular weight excluding hydrogens is 286 g/mol. The highest BCUT2D eigenvalue weighted by molar-refractivity contribution is 6.32. The fraction of sp³-hybridized carbons (Fsp3) is 0.588. The van der Waals surface area contributed by atoms with Crippen LogP contribution in [0.15, 0.2) is 12.1 Å². The average Bonchev–Trinajstić information content (AvgIpc) is 2.45. The molecule has 2 rings (SSSR count). The van der Waals surface area contributed by atoms with Crippen LogP contribution in [0.1, 0.15) is 50.2 Å². The van der Waals surface area contributed by atoms with Crippen LogP contribution in [-0.2, 0) is 4.79 Å². The number of amides is 1. The molecule has 0 heterocycles. The summed E-state index contributed by atoms with van der Waals surface area (Å²) < 4.78 is 5.76. The van der Waals surface area contributed by atoms with Crippen molar-refractivity contribution in [1.29, 1.82) is 0 Å². The maximum atomic E-state index is 12.2. The fourth-order valence-electron chi connectivity index (χ4n) is 2.80. The van der Waals surface area contributed by atoms with Crippen LogP contribution in [0.4, 0.5) is 0 Å². The first-order valence-electron chi connectivity index (χ1n) is 7.71. The number of ether oxygens (including phenoxy) is 1. The summed E-state index contributed by atoms with van der Waals surface area (Å²) in [5, 5.41) is 3.84. The maximum absolute atomic E-state index is 12.2. The minimum Gasteiger partial charge on any atom is -0.481 e. The van der Waals surface area contributed by atoms with Crippen molar-refractivity contribution in [3.63, 3.8) is 0 Å². The van der Waals surface area contributed by atoms with E-state index in [2.05, 4.69) is 5.32 Å². The molecule has 0 saturated heterocycles. The molecule has 1 N–H and O–H groups in total. The van der Waals surface area contributed by atoms with E-state index in [1.165, 1.54) is 19.3 Å². The van der Waals surface area contributed by atoms with Crippen molar-refractivity contribution in [3.05, 3.63) is 28.3 Å². The van der Waals surface area contributed by atoms with Gasteiger partial charge in [0.05, 0.1) is 0 Å². The summed E-state index contributed by atoms with van der Waals surface area (Å²) >= 11 is 6.14. The Balaban J connectivity index is 1.93. The lowest BCUT2D eigenvalue weighted by molar-refractivity contribution is -0.128. The Bertz CT molecular complexity index is 487. The molecule has 0 aliphatic heterocycles. The average molecular weight is 310 g/mol. The summed E-state index contributed by atoms with van der Waals surface area (Å²) in [5.41, 5.74) is 1.93. The monoisotopic (exact) mass is 309 g/mol. The molecule has 1 aromatic carbocycles. The van der Waals surface area contributed by atoms with Gasteiger partial charge < -0.3 is 10.1 Å². The predicted molar refractivity (Wildman–Crippen MR) is 86.0 cm³/mol. The van der Waals surface area contributed by atoms with Crippen LogP contribution in [0.3, 0.4) is 0 Å².